The van der Waals surface area contributed by atoms with E-state index in [0.717, 1.165) is 69.3 Å². The Hall–Kier alpha value is -1.64. The predicted octanol–water partition coefficient (Wildman–Crippen LogP) is 3.13. The van der Waals surface area contributed by atoms with E-state index in [1.165, 1.54) is 11.1 Å². The number of hydrogen-bond donors (Lipinski definition) is 2. The molecular weight excluding hydrogens is 463 g/mol. The van der Waals surface area contributed by atoms with Gasteiger partial charge in [-0.25, -0.2) is 9.67 Å². The minimum Gasteiger partial charge on any atom is -0.357 e. The second-order valence-corrected chi connectivity index (χ2v) is 7.04. The molecule has 2 aromatic rings. The van der Waals surface area contributed by atoms with Crippen molar-refractivity contribution in [1.29, 1.82) is 0 Å². The van der Waals surface area contributed by atoms with E-state index in [4.69, 9.17) is 4.99 Å². The maximum absolute atomic E-state index is 4.77. The number of halogens is 1. The molecular formula is C21H33IN6. The first-order valence-corrected chi connectivity index (χ1v) is 10.3. The van der Waals surface area contributed by atoms with Gasteiger partial charge in [-0.1, -0.05) is 38.1 Å². The molecule has 28 heavy (non-hydrogen) atoms. The Morgan fingerprint density at radius 2 is 1.89 bits per heavy atom. The molecule has 1 aliphatic rings. The minimum absolute atomic E-state index is 0. The number of guanidine groups is 1. The van der Waals surface area contributed by atoms with E-state index in [1.54, 1.807) is 0 Å². The minimum atomic E-state index is 0. The van der Waals surface area contributed by atoms with Crippen LogP contribution in [0.1, 0.15) is 50.0 Å². The van der Waals surface area contributed by atoms with Gasteiger partial charge in [0, 0.05) is 32.0 Å². The summed E-state index contributed by atoms with van der Waals surface area (Å²) in [5, 5.41) is 11.5. The average molecular weight is 496 g/mol. The van der Waals surface area contributed by atoms with Gasteiger partial charge in [0.1, 0.15) is 5.82 Å². The summed E-state index contributed by atoms with van der Waals surface area (Å²) in [5.74, 6) is 2.95. The number of fused-ring (bicyclic) bond motifs is 1. The number of aromatic nitrogens is 3. The lowest BCUT2D eigenvalue weighted by Crippen LogP contribution is -2.47. The molecule has 0 saturated heterocycles. The van der Waals surface area contributed by atoms with Gasteiger partial charge in [0.15, 0.2) is 11.8 Å². The van der Waals surface area contributed by atoms with E-state index in [2.05, 4.69) is 70.4 Å². The maximum atomic E-state index is 4.77. The Balaban J connectivity index is 0.00000280. The molecule has 3 rings (SSSR count). The highest BCUT2D eigenvalue weighted by molar-refractivity contribution is 14.0. The Kier molecular flexibility index (Phi) is 9.21. The fourth-order valence-corrected chi connectivity index (χ4v) is 3.38. The van der Waals surface area contributed by atoms with Crippen LogP contribution >= 0.6 is 24.0 Å². The van der Waals surface area contributed by atoms with Crippen molar-refractivity contribution in [2.75, 3.05) is 13.1 Å². The zero-order chi connectivity index (χ0) is 19.1. The van der Waals surface area contributed by atoms with Gasteiger partial charge in [-0.05, 0) is 37.3 Å². The van der Waals surface area contributed by atoms with Crippen molar-refractivity contribution >= 4 is 29.9 Å². The molecule has 1 aromatic carbocycles. The Morgan fingerprint density at radius 3 is 2.57 bits per heavy atom. The first-order chi connectivity index (χ1) is 13.2. The zero-order valence-corrected chi connectivity index (χ0v) is 19.6. The molecule has 2 heterocycles. The largest absolute Gasteiger partial charge is 0.357 e. The topological polar surface area (TPSA) is 67.1 Å². The lowest BCUT2D eigenvalue weighted by molar-refractivity contribution is 0.392. The van der Waals surface area contributed by atoms with Gasteiger partial charge in [0.2, 0.25) is 0 Å². The van der Waals surface area contributed by atoms with Gasteiger partial charge in [-0.3, -0.25) is 4.99 Å². The molecule has 1 unspecified atom stereocenters. The van der Waals surface area contributed by atoms with Gasteiger partial charge in [-0.15, -0.1) is 24.0 Å². The molecule has 6 nitrogen and oxygen atoms in total. The first-order valence-electron chi connectivity index (χ1n) is 10.3. The van der Waals surface area contributed by atoms with Gasteiger partial charge in [-0.2, -0.15) is 5.10 Å². The number of nitrogens with zero attached hydrogens (tertiary/aromatic N) is 4. The van der Waals surface area contributed by atoms with Crippen LogP contribution in [0.25, 0.3) is 0 Å². The van der Waals surface area contributed by atoms with Crippen molar-refractivity contribution in [2.24, 2.45) is 4.99 Å². The van der Waals surface area contributed by atoms with Crippen LogP contribution in [-0.4, -0.2) is 39.9 Å². The Bertz CT molecular complexity index is 753. The molecule has 0 fully saturated rings. The van der Waals surface area contributed by atoms with Crippen molar-refractivity contribution in [2.45, 2.75) is 65.5 Å². The van der Waals surface area contributed by atoms with Crippen molar-refractivity contribution in [3.05, 3.63) is 47.0 Å². The SMILES string of the molecule is CCNC(=NCCc1ccc(CC)cc1)NC1CCc2nc(CC)nn2C1.I. The van der Waals surface area contributed by atoms with Crippen LogP contribution in [0.5, 0.6) is 0 Å². The normalized spacial score (nSPS) is 16.2. The molecule has 1 aromatic heterocycles. The van der Waals surface area contributed by atoms with E-state index < -0.39 is 0 Å². The van der Waals surface area contributed by atoms with Crippen molar-refractivity contribution in [1.82, 2.24) is 25.4 Å². The molecule has 2 N–H and O–H groups in total. The zero-order valence-electron chi connectivity index (χ0n) is 17.2. The third-order valence-corrected chi connectivity index (χ3v) is 5.00. The number of nitrogens with one attached hydrogen (secondary N) is 2. The summed E-state index contributed by atoms with van der Waals surface area (Å²) in [5.41, 5.74) is 2.72. The quantitative estimate of drug-likeness (QED) is 0.351. The summed E-state index contributed by atoms with van der Waals surface area (Å²) in [6.07, 6.45) is 4.96. The monoisotopic (exact) mass is 496 g/mol. The molecule has 0 radical (unpaired) electrons. The van der Waals surface area contributed by atoms with Crippen LogP contribution in [0.15, 0.2) is 29.3 Å². The molecule has 1 aliphatic heterocycles. The van der Waals surface area contributed by atoms with Crippen LogP contribution in [-0.2, 0) is 32.2 Å². The van der Waals surface area contributed by atoms with Crippen LogP contribution < -0.4 is 10.6 Å². The van der Waals surface area contributed by atoms with E-state index in [-0.39, 0.29) is 24.0 Å². The number of aryl methyl sites for hydroxylation is 3. The highest BCUT2D eigenvalue weighted by Crippen LogP contribution is 2.13. The van der Waals surface area contributed by atoms with Gasteiger partial charge in [0.05, 0.1) is 6.54 Å². The third-order valence-electron chi connectivity index (χ3n) is 5.00. The molecule has 0 bridgehead atoms. The van der Waals surface area contributed by atoms with Crippen molar-refractivity contribution in [3.8, 4) is 0 Å². The van der Waals surface area contributed by atoms with Gasteiger partial charge in [0.25, 0.3) is 0 Å². The highest BCUT2D eigenvalue weighted by Gasteiger charge is 2.21. The summed E-state index contributed by atoms with van der Waals surface area (Å²) < 4.78 is 2.05. The van der Waals surface area contributed by atoms with Crippen molar-refractivity contribution < 1.29 is 0 Å². The molecule has 154 valence electrons. The fourth-order valence-electron chi connectivity index (χ4n) is 3.38. The molecule has 0 amide bonds. The second kappa shape index (κ2) is 11.4. The molecule has 0 saturated carbocycles. The Labute approximate surface area is 185 Å². The number of aliphatic imine (C=N–C) groups is 1. The second-order valence-electron chi connectivity index (χ2n) is 7.04. The van der Waals surface area contributed by atoms with Crippen LogP contribution in [0, 0.1) is 0 Å². The lowest BCUT2D eigenvalue weighted by Gasteiger charge is -2.25. The van der Waals surface area contributed by atoms with E-state index in [0.29, 0.717) is 6.04 Å². The average Bonchev–Trinajstić information content (AvgIpc) is 3.11. The summed E-state index contributed by atoms with van der Waals surface area (Å²) in [4.78, 5) is 9.36. The molecule has 0 aliphatic carbocycles. The first kappa shape index (κ1) is 22.6. The summed E-state index contributed by atoms with van der Waals surface area (Å²) >= 11 is 0. The summed E-state index contributed by atoms with van der Waals surface area (Å²) in [6, 6.07) is 9.20. The number of benzene rings is 1. The highest BCUT2D eigenvalue weighted by atomic mass is 127. The van der Waals surface area contributed by atoms with E-state index in [9.17, 15) is 0 Å². The number of rotatable bonds is 7. The van der Waals surface area contributed by atoms with Crippen LogP contribution in [0.4, 0.5) is 0 Å². The van der Waals surface area contributed by atoms with Gasteiger partial charge < -0.3 is 10.6 Å². The maximum Gasteiger partial charge on any atom is 0.191 e. The predicted molar refractivity (Wildman–Crippen MR) is 126 cm³/mol. The van der Waals surface area contributed by atoms with Crippen LogP contribution in [0.2, 0.25) is 0 Å². The Morgan fingerprint density at radius 1 is 1.14 bits per heavy atom. The van der Waals surface area contributed by atoms with E-state index >= 15 is 0 Å². The van der Waals surface area contributed by atoms with Crippen molar-refractivity contribution in [3.63, 3.8) is 0 Å². The third kappa shape index (κ3) is 6.18. The fraction of sp³-hybridized carbons (Fsp3) is 0.571. The summed E-state index contributed by atoms with van der Waals surface area (Å²) in [7, 11) is 0. The molecule has 7 heteroatoms. The smallest absolute Gasteiger partial charge is 0.191 e. The standard InChI is InChI=1S/C21H32N6.HI/c1-4-16-7-9-17(10-8-16)13-14-23-21(22-6-3)24-18-11-12-20-25-19(5-2)26-27(20)15-18;/h7-10,18H,4-6,11-15H2,1-3H3,(H2,22,23,24);1H. The molecule has 1 atom stereocenters. The number of hydrogen-bond acceptors (Lipinski definition) is 3. The van der Waals surface area contributed by atoms with Gasteiger partial charge >= 0.3 is 0 Å². The molecule has 0 spiro atoms. The van der Waals surface area contributed by atoms with E-state index in [1.807, 2.05) is 0 Å². The van der Waals surface area contributed by atoms with Crippen LogP contribution in [0.3, 0.4) is 0 Å². The lowest BCUT2D eigenvalue weighted by atomic mass is 10.1. The summed E-state index contributed by atoms with van der Waals surface area (Å²) in [6.45, 7) is 8.88.